The zero-order valence-corrected chi connectivity index (χ0v) is 27.4. The van der Waals surface area contributed by atoms with Gasteiger partial charge in [0.05, 0.1) is 0 Å². The monoisotopic (exact) mass is 627 g/mol. The third-order valence-electron chi connectivity index (χ3n) is 10.6. The first kappa shape index (κ1) is 27.9. The fraction of sp³-hybridized carbons (Fsp3) is 0.0638. The van der Waals surface area contributed by atoms with Gasteiger partial charge in [-0.05, 0) is 110 Å². The molecule has 0 fully saturated rings. The van der Waals surface area contributed by atoms with E-state index in [1.807, 2.05) is 0 Å². The van der Waals surface area contributed by atoms with Crippen LogP contribution in [0.15, 0.2) is 168 Å². The second kappa shape index (κ2) is 10.4. The van der Waals surface area contributed by atoms with E-state index in [9.17, 15) is 0 Å². The minimum atomic E-state index is -0.106. The van der Waals surface area contributed by atoms with Crippen LogP contribution in [0.3, 0.4) is 0 Å². The Kier molecular flexibility index (Phi) is 5.95. The van der Waals surface area contributed by atoms with Gasteiger partial charge in [0, 0.05) is 39.3 Å². The Labute approximate surface area is 285 Å². The maximum Gasteiger partial charge on any atom is 0.137 e. The highest BCUT2D eigenvalue weighted by atomic mass is 16.3. The molecule has 0 saturated carbocycles. The van der Waals surface area contributed by atoms with E-state index in [-0.39, 0.29) is 5.41 Å². The maximum atomic E-state index is 6.58. The second-order valence-corrected chi connectivity index (χ2v) is 13.8. The van der Waals surface area contributed by atoms with Crippen molar-refractivity contribution in [1.29, 1.82) is 0 Å². The summed E-state index contributed by atoms with van der Waals surface area (Å²) in [5.41, 5.74) is 12.7. The van der Waals surface area contributed by atoms with Crippen molar-refractivity contribution in [3.8, 4) is 22.3 Å². The highest BCUT2D eigenvalue weighted by molar-refractivity contribution is 6.11. The number of fused-ring (bicyclic) bond motifs is 8. The van der Waals surface area contributed by atoms with Crippen molar-refractivity contribution in [1.82, 2.24) is 0 Å². The van der Waals surface area contributed by atoms with Gasteiger partial charge in [-0.25, -0.2) is 0 Å². The van der Waals surface area contributed by atoms with Crippen LogP contribution in [0.2, 0.25) is 0 Å². The number of nitrogens with zero attached hydrogens (tertiary/aromatic N) is 1. The largest absolute Gasteiger partial charge is 0.456 e. The smallest absolute Gasteiger partial charge is 0.137 e. The molecule has 1 aromatic heterocycles. The fourth-order valence-corrected chi connectivity index (χ4v) is 8.06. The SMILES string of the molecule is CC1(C)c2ccccc2-c2ccc(N(c3cccc(-c4ccc5ccccc5c4)c3)c3ccc4c(c3)oc3cc5ccccc5cc34)cc21. The minimum absolute atomic E-state index is 0.106. The molecule has 0 spiro atoms. The van der Waals surface area contributed by atoms with Gasteiger partial charge in [0.25, 0.3) is 0 Å². The Morgan fingerprint density at radius 3 is 1.90 bits per heavy atom. The highest BCUT2D eigenvalue weighted by Gasteiger charge is 2.35. The molecular weight excluding hydrogens is 595 g/mol. The van der Waals surface area contributed by atoms with Gasteiger partial charge >= 0.3 is 0 Å². The Balaban J connectivity index is 1.16. The molecule has 1 aliphatic carbocycles. The summed E-state index contributed by atoms with van der Waals surface area (Å²) in [4.78, 5) is 2.38. The lowest BCUT2D eigenvalue weighted by atomic mass is 9.82. The molecule has 0 bridgehead atoms. The highest BCUT2D eigenvalue weighted by Crippen LogP contribution is 2.51. The Morgan fingerprint density at radius 1 is 0.408 bits per heavy atom. The van der Waals surface area contributed by atoms with E-state index in [1.54, 1.807) is 0 Å². The molecule has 8 aromatic carbocycles. The van der Waals surface area contributed by atoms with Crippen LogP contribution in [-0.4, -0.2) is 0 Å². The van der Waals surface area contributed by atoms with Gasteiger partial charge in [-0.2, -0.15) is 0 Å². The van der Waals surface area contributed by atoms with Crippen molar-refractivity contribution in [3.05, 3.63) is 175 Å². The first-order chi connectivity index (χ1) is 24.0. The third-order valence-corrected chi connectivity index (χ3v) is 10.6. The molecule has 0 saturated heterocycles. The first-order valence-electron chi connectivity index (χ1n) is 17.0. The van der Waals surface area contributed by atoms with Gasteiger partial charge in [-0.1, -0.05) is 117 Å². The van der Waals surface area contributed by atoms with Crippen LogP contribution < -0.4 is 4.90 Å². The van der Waals surface area contributed by atoms with Crippen LogP contribution in [0, 0.1) is 0 Å². The average Bonchev–Trinajstić information content (AvgIpc) is 3.61. The lowest BCUT2D eigenvalue weighted by Gasteiger charge is -2.28. The molecule has 0 unspecified atom stereocenters. The number of anilines is 3. The van der Waals surface area contributed by atoms with Crippen molar-refractivity contribution in [3.63, 3.8) is 0 Å². The van der Waals surface area contributed by atoms with Gasteiger partial charge in [0.15, 0.2) is 0 Å². The molecule has 49 heavy (non-hydrogen) atoms. The molecule has 1 aliphatic rings. The van der Waals surface area contributed by atoms with Crippen molar-refractivity contribution in [2.45, 2.75) is 19.3 Å². The van der Waals surface area contributed by atoms with Gasteiger partial charge in [-0.3, -0.25) is 0 Å². The molecule has 0 amide bonds. The van der Waals surface area contributed by atoms with Gasteiger partial charge in [-0.15, -0.1) is 0 Å². The molecule has 2 nitrogen and oxygen atoms in total. The topological polar surface area (TPSA) is 16.4 Å². The lowest BCUT2D eigenvalue weighted by molar-refractivity contribution is 0.660. The van der Waals surface area contributed by atoms with Crippen LogP contribution >= 0.6 is 0 Å². The number of furan rings is 1. The Bertz CT molecular complexity index is 2770. The molecule has 0 atom stereocenters. The van der Waals surface area contributed by atoms with Gasteiger partial charge < -0.3 is 9.32 Å². The molecule has 232 valence electrons. The predicted molar refractivity (Wildman–Crippen MR) is 206 cm³/mol. The summed E-state index contributed by atoms with van der Waals surface area (Å²) in [5.74, 6) is 0. The summed E-state index contributed by atoms with van der Waals surface area (Å²) in [5, 5.41) is 7.16. The Hall–Kier alpha value is -6.12. The van der Waals surface area contributed by atoms with Crippen LogP contribution in [0.25, 0.3) is 65.7 Å². The lowest BCUT2D eigenvalue weighted by Crippen LogP contribution is -2.16. The third kappa shape index (κ3) is 4.34. The van der Waals surface area contributed by atoms with E-state index in [0.29, 0.717) is 0 Å². The van der Waals surface area contributed by atoms with Crippen LogP contribution in [0.4, 0.5) is 17.1 Å². The van der Waals surface area contributed by atoms with Crippen LogP contribution in [0.1, 0.15) is 25.0 Å². The molecule has 0 N–H and O–H groups in total. The molecule has 0 aliphatic heterocycles. The average molecular weight is 628 g/mol. The summed E-state index contributed by atoms with van der Waals surface area (Å²) in [6, 6.07) is 59.6. The normalized spacial score (nSPS) is 13.3. The van der Waals surface area contributed by atoms with Crippen LogP contribution in [0.5, 0.6) is 0 Å². The quantitative estimate of drug-likeness (QED) is 0.193. The summed E-state index contributed by atoms with van der Waals surface area (Å²) in [7, 11) is 0. The minimum Gasteiger partial charge on any atom is -0.456 e. The number of rotatable bonds is 4. The van der Waals surface area contributed by atoms with Crippen LogP contribution in [-0.2, 0) is 5.41 Å². The molecular formula is C47H33NO. The van der Waals surface area contributed by atoms with E-state index in [4.69, 9.17) is 4.42 Å². The standard InChI is InChI=1S/C47H33NO/c1-47(2)43-17-8-7-16-39(43)40-22-20-37(28-44(40)47)48(36-15-9-14-32(25-36)35-19-18-30-10-3-4-11-31(30)24-35)38-21-23-41-42-26-33-12-5-6-13-34(33)27-45(42)49-46(41)29-38/h3-29H,1-2H3. The number of hydrogen-bond acceptors (Lipinski definition) is 2. The predicted octanol–water partition coefficient (Wildman–Crippen LogP) is 13.3. The maximum absolute atomic E-state index is 6.58. The van der Waals surface area contributed by atoms with Crippen molar-refractivity contribution in [2.24, 2.45) is 0 Å². The molecule has 1 heterocycles. The Morgan fingerprint density at radius 2 is 1.04 bits per heavy atom. The molecule has 0 radical (unpaired) electrons. The summed E-state index contributed by atoms with van der Waals surface area (Å²) in [6.07, 6.45) is 0. The number of benzene rings is 8. The first-order valence-corrected chi connectivity index (χ1v) is 17.0. The zero-order valence-electron chi connectivity index (χ0n) is 27.4. The number of hydrogen-bond donors (Lipinski definition) is 0. The van der Waals surface area contributed by atoms with Crippen molar-refractivity contribution in [2.75, 3.05) is 4.90 Å². The summed E-state index contributed by atoms with van der Waals surface area (Å²) in [6.45, 7) is 4.69. The van der Waals surface area contributed by atoms with Crippen molar-refractivity contribution >= 4 is 60.5 Å². The zero-order chi connectivity index (χ0) is 32.7. The molecule has 9 aromatic rings. The van der Waals surface area contributed by atoms with Gasteiger partial charge in [0.1, 0.15) is 11.2 Å². The van der Waals surface area contributed by atoms with E-state index >= 15 is 0 Å². The molecule has 2 heteroatoms. The van der Waals surface area contributed by atoms with Gasteiger partial charge in [0.2, 0.25) is 0 Å². The van der Waals surface area contributed by atoms with Crippen molar-refractivity contribution < 1.29 is 4.42 Å². The van der Waals surface area contributed by atoms with E-state index in [1.165, 1.54) is 54.9 Å². The second-order valence-electron chi connectivity index (χ2n) is 13.8. The fourth-order valence-electron chi connectivity index (χ4n) is 8.06. The molecule has 10 rings (SSSR count). The summed E-state index contributed by atoms with van der Waals surface area (Å²) < 4.78 is 6.58. The summed E-state index contributed by atoms with van der Waals surface area (Å²) >= 11 is 0. The van der Waals surface area contributed by atoms with E-state index in [2.05, 4.69) is 183 Å². The van der Waals surface area contributed by atoms with E-state index in [0.717, 1.165) is 39.0 Å². The van der Waals surface area contributed by atoms with E-state index < -0.39 is 0 Å².